The summed E-state index contributed by atoms with van der Waals surface area (Å²) in [5.74, 6) is -15.3. The van der Waals surface area contributed by atoms with E-state index in [-0.39, 0.29) is 19.4 Å². The molecule has 5 atom stereocenters. The van der Waals surface area contributed by atoms with Crippen molar-refractivity contribution >= 4 is 47.6 Å². The number of ether oxygens (including phenoxy) is 1. The first-order valence-electron chi connectivity index (χ1n) is 16.7. The van der Waals surface area contributed by atoms with Crippen LogP contribution in [0.15, 0.2) is 41.0 Å². The number of aliphatic hydroxyl groups excluding tert-OH is 1. The predicted octanol–water partition coefficient (Wildman–Crippen LogP) is -7.70. The lowest BCUT2D eigenvalue weighted by Gasteiger charge is -2.31. The number of nitrogens with one attached hydrogen (secondary N) is 3. The third-order valence-corrected chi connectivity index (χ3v) is 8.09. The maximum Gasteiger partial charge on any atom is 0.249 e. The highest BCUT2D eigenvalue weighted by molar-refractivity contribution is 5.88. The molecule has 3 unspecified atom stereocenters. The van der Waals surface area contributed by atoms with Gasteiger partial charge in [-0.1, -0.05) is 12.1 Å². The maximum absolute atomic E-state index is 12.4. The van der Waals surface area contributed by atoms with Gasteiger partial charge in [-0.15, -0.1) is 0 Å². The zero-order chi connectivity index (χ0) is 40.4. The van der Waals surface area contributed by atoms with Crippen molar-refractivity contribution in [2.24, 2.45) is 11.8 Å². The summed E-state index contributed by atoms with van der Waals surface area (Å²) in [6.07, 6.45) is -5.29. The summed E-state index contributed by atoms with van der Waals surface area (Å²) in [7, 11) is 0. The molecule has 0 aliphatic carbocycles. The fourth-order valence-corrected chi connectivity index (χ4v) is 5.10. The van der Waals surface area contributed by atoms with E-state index >= 15 is 0 Å². The Hall–Kier alpha value is -6.02. The number of carboxylic acids is 5. The second-order valence-electron chi connectivity index (χ2n) is 12.1. The van der Waals surface area contributed by atoms with Gasteiger partial charge in [-0.3, -0.25) is 14.4 Å². The number of hydrogen-bond donors (Lipinski definition) is 5. The van der Waals surface area contributed by atoms with E-state index in [1.807, 2.05) is 18.2 Å². The first-order valence-corrected chi connectivity index (χ1v) is 16.7. The van der Waals surface area contributed by atoms with Gasteiger partial charge in [0.25, 0.3) is 0 Å². The van der Waals surface area contributed by atoms with Crippen molar-refractivity contribution in [2.75, 3.05) is 6.54 Å². The molecule has 7 N–H and O–H groups in total. The molecule has 0 aliphatic rings. The molecule has 2 aromatic rings. The Morgan fingerprint density at radius 3 is 1.87 bits per heavy atom. The van der Waals surface area contributed by atoms with E-state index in [1.54, 1.807) is 23.7 Å². The van der Waals surface area contributed by atoms with Crippen LogP contribution in [0.5, 0.6) is 5.75 Å². The third kappa shape index (κ3) is 15.7. The average molecular weight is 761 g/mol. The Balaban J connectivity index is 1.80. The molecule has 20 nitrogen and oxygen atoms in total. The lowest BCUT2D eigenvalue weighted by Crippen LogP contribution is -2.53. The number of furan rings is 1. The van der Waals surface area contributed by atoms with Crippen molar-refractivity contribution in [3.05, 3.63) is 53.5 Å². The molecule has 1 heterocycles. The Labute approximate surface area is 307 Å². The smallest absolute Gasteiger partial charge is 0.249 e. The molecule has 0 saturated heterocycles. The summed E-state index contributed by atoms with van der Waals surface area (Å²) < 4.78 is 11.0. The van der Waals surface area contributed by atoms with Gasteiger partial charge in [-0.2, -0.15) is 0 Å². The minimum Gasteiger partial charge on any atom is -0.550 e. The number of aliphatic carboxylic acids is 5. The molecule has 0 bridgehead atoms. The van der Waals surface area contributed by atoms with Crippen molar-refractivity contribution < 1.29 is 83.9 Å². The van der Waals surface area contributed by atoms with Crippen LogP contribution in [0.2, 0.25) is 0 Å². The summed E-state index contributed by atoms with van der Waals surface area (Å²) in [5, 5.41) is 73.4. The fourth-order valence-electron chi connectivity index (χ4n) is 5.10. The van der Waals surface area contributed by atoms with Crippen LogP contribution in [-0.2, 0) is 57.9 Å². The van der Waals surface area contributed by atoms with E-state index in [1.165, 1.54) is 0 Å². The van der Waals surface area contributed by atoms with Gasteiger partial charge in [0.15, 0.2) is 5.76 Å². The average Bonchev–Trinajstić information content (AvgIpc) is 3.58. The SMILES string of the molecule is [NH3+]Cc1cc(COc2ccc(CCNC(=O)CC[C@H](NC(=O)CC[C@H](NC(=O)C(O)CC(C(=O)[O-])C(CCC(=O)[O-])C(=O)[O-])C(=O)[O-])C(=O)[O-])cc2)co1. The van der Waals surface area contributed by atoms with E-state index in [0.29, 0.717) is 25.3 Å². The van der Waals surface area contributed by atoms with Crippen molar-refractivity contribution in [3.63, 3.8) is 0 Å². The van der Waals surface area contributed by atoms with Crippen LogP contribution in [0.4, 0.5) is 0 Å². The topological polar surface area (TPSA) is 358 Å². The molecular weight excluding hydrogens is 720 g/mol. The molecule has 0 saturated carbocycles. The van der Waals surface area contributed by atoms with Crippen LogP contribution in [0.1, 0.15) is 61.8 Å². The molecule has 2 rings (SSSR count). The molecular formula is C34H40N4O16-4. The summed E-state index contributed by atoms with van der Waals surface area (Å²) in [5.41, 5.74) is 5.49. The third-order valence-electron chi connectivity index (χ3n) is 8.09. The van der Waals surface area contributed by atoms with Gasteiger partial charge in [0.05, 0.1) is 30.3 Å². The van der Waals surface area contributed by atoms with Crippen LogP contribution in [-0.4, -0.2) is 77.4 Å². The van der Waals surface area contributed by atoms with Crippen molar-refractivity contribution in [2.45, 2.75) is 82.7 Å². The van der Waals surface area contributed by atoms with E-state index in [0.717, 1.165) is 16.9 Å². The summed E-state index contributed by atoms with van der Waals surface area (Å²) in [6, 6.07) is 5.36. The van der Waals surface area contributed by atoms with Crippen molar-refractivity contribution in [3.8, 4) is 5.75 Å². The van der Waals surface area contributed by atoms with Gasteiger partial charge in [-0.25, -0.2) is 0 Å². The lowest BCUT2D eigenvalue weighted by atomic mass is 9.84. The summed E-state index contributed by atoms with van der Waals surface area (Å²) in [4.78, 5) is 93.9. The number of carboxylic acid groups (broad SMARTS) is 5. The largest absolute Gasteiger partial charge is 0.550 e. The number of hydrogen-bond acceptors (Lipinski definition) is 16. The van der Waals surface area contributed by atoms with Crippen LogP contribution >= 0.6 is 0 Å². The van der Waals surface area contributed by atoms with Gasteiger partial charge >= 0.3 is 0 Å². The van der Waals surface area contributed by atoms with Gasteiger partial charge in [0.2, 0.25) is 17.7 Å². The highest BCUT2D eigenvalue weighted by atomic mass is 16.5. The minimum atomic E-state index is -2.34. The van der Waals surface area contributed by atoms with E-state index in [9.17, 15) is 69.0 Å². The minimum absolute atomic E-state index is 0.211. The number of benzene rings is 1. The van der Waals surface area contributed by atoms with Crippen molar-refractivity contribution in [1.29, 1.82) is 0 Å². The Morgan fingerprint density at radius 2 is 1.33 bits per heavy atom. The highest BCUT2D eigenvalue weighted by Crippen LogP contribution is 2.23. The monoisotopic (exact) mass is 760 g/mol. The molecule has 296 valence electrons. The highest BCUT2D eigenvalue weighted by Gasteiger charge is 2.30. The quantitative estimate of drug-likeness (QED) is 0.0594. The maximum atomic E-state index is 12.4. The number of aliphatic hydroxyl groups is 1. The second-order valence-corrected chi connectivity index (χ2v) is 12.1. The van der Waals surface area contributed by atoms with E-state index < -0.39 is 110 Å². The van der Waals surface area contributed by atoms with Crippen LogP contribution in [0.25, 0.3) is 0 Å². The van der Waals surface area contributed by atoms with Crippen LogP contribution in [0.3, 0.4) is 0 Å². The molecule has 3 amide bonds. The summed E-state index contributed by atoms with van der Waals surface area (Å²) in [6.45, 7) is 1.04. The Bertz CT molecular complexity index is 1630. The number of amides is 3. The molecule has 0 radical (unpaired) electrons. The predicted molar refractivity (Wildman–Crippen MR) is 167 cm³/mol. The second kappa shape index (κ2) is 22.1. The van der Waals surface area contributed by atoms with E-state index in [4.69, 9.17) is 9.15 Å². The lowest BCUT2D eigenvalue weighted by molar-refractivity contribution is -0.390. The van der Waals surface area contributed by atoms with E-state index in [2.05, 4.69) is 16.4 Å². The molecule has 1 aromatic heterocycles. The van der Waals surface area contributed by atoms with Gasteiger partial charge < -0.3 is 85.4 Å². The number of carbonyl (C=O) groups excluding carboxylic acids is 8. The number of carbonyl (C=O) groups is 8. The zero-order valence-corrected chi connectivity index (χ0v) is 28.9. The Morgan fingerprint density at radius 1 is 0.741 bits per heavy atom. The summed E-state index contributed by atoms with van der Waals surface area (Å²) >= 11 is 0. The van der Waals surface area contributed by atoms with Gasteiger partial charge in [0.1, 0.15) is 25.0 Å². The van der Waals surface area contributed by atoms with Gasteiger partial charge in [0, 0.05) is 54.7 Å². The molecule has 1 aromatic carbocycles. The normalized spacial score (nSPS) is 13.7. The van der Waals surface area contributed by atoms with Gasteiger partial charge in [-0.05, 0) is 62.3 Å². The standard InChI is InChI=1S/C34H44N4O16/c35-15-21-13-19(17-54-21)16-53-20-3-1-18(2-4-20)11-12-36-27(40)8-6-24(33(49)50)37-28(41)9-7-25(34(51)52)38-30(44)26(39)14-23(32(47)48)22(31(45)46)5-10-29(42)43/h1-4,13,17,22-26,39H,5-12,14-16,35H2,(H,36,40)(H,37,41)(H,38,44)(H,42,43)(H,45,46)(H,47,48)(H,49,50)(H,51,52)/p-4/t22?,23?,24-,25-,26?/m0/s1. The molecule has 54 heavy (non-hydrogen) atoms. The zero-order valence-electron chi connectivity index (χ0n) is 28.9. The number of rotatable bonds is 26. The fraction of sp³-hybridized carbons (Fsp3) is 0.471. The molecule has 0 aliphatic heterocycles. The first kappa shape index (κ1) is 44.1. The number of quaternary nitrogens is 1. The van der Waals surface area contributed by atoms with Crippen LogP contribution in [0, 0.1) is 11.8 Å². The van der Waals surface area contributed by atoms with Crippen molar-refractivity contribution in [1.82, 2.24) is 16.0 Å². The molecule has 20 heteroatoms. The first-order chi connectivity index (χ1) is 25.5. The molecule has 0 spiro atoms. The molecule has 0 fully saturated rings. The van der Waals surface area contributed by atoms with Crippen LogP contribution < -0.4 is 52.0 Å². The Kier molecular flexibility index (Phi) is 18.1.